The Bertz CT molecular complexity index is 739. The number of fused-ring (bicyclic) bond motifs is 3. The zero-order chi connectivity index (χ0) is 15.4. The number of rotatable bonds is 0. The van der Waals surface area contributed by atoms with Gasteiger partial charge < -0.3 is 0 Å². The molecule has 3 rings (SSSR count). The summed E-state index contributed by atoms with van der Waals surface area (Å²) in [6, 6.07) is 16.2. The average molecular weight is 369 g/mol. The fraction of sp³-hybridized carbons (Fsp3) is 0.381. The summed E-state index contributed by atoms with van der Waals surface area (Å²) in [6.07, 6.45) is 0. The van der Waals surface area contributed by atoms with Gasteiger partial charge in [0.05, 0.1) is 0 Å². The van der Waals surface area contributed by atoms with Gasteiger partial charge >= 0.3 is 26.2 Å². The van der Waals surface area contributed by atoms with Gasteiger partial charge in [-0.1, -0.05) is 76.9 Å². The van der Waals surface area contributed by atoms with E-state index >= 15 is 0 Å². The first-order valence-electron chi connectivity index (χ1n) is 7.80. The second kappa shape index (κ2) is 5.68. The molecule has 0 bridgehead atoms. The molecule has 3 aromatic carbocycles. The van der Waals surface area contributed by atoms with Crippen molar-refractivity contribution in [2.45, 2.75) is 52.4 Å². The predicted octanol–water partition coefficient (Wildman–Crippen LogP) is 6.30. The van der Waals surface area contributed by atoms with Crippen molar-refractivity contribution in [3.05, 3.63) is 53.6 Å². The second-order valence-corrected chi connectivity index (χ2v) is 8.25. The van der Waals surface area contributed by atoms with E-state index < -0.39 is 0 Å². The van der Waals surface area contributed by atoms with Gasteiger partial charge in [0.15, 0.2) is 0 Å². The molecule has 0 N–H and O–H groups in total. The normalized spacial score (nSPS) is 12.6. The van der Waals surface area contributed by atoms with E-state index in [0.717, 1.165) is 0 Å². The van der Waals surface area contributed by atoms with Crippen LogP contribution in [0, 0.1) is 0 Å². The monoisotopic (exact) mass is 367 g/mol. The van der Waals surface area contributed by atoms with Gasteiger partial charge in [-0.2, -0.15) is 0 Å². The van der Waals surface area contributed by atoms with Crippen molar-refractivity contribution in [2.24, 2.45) is 0 Å². The topological polar surface area (TPSA) is 0 Å². The maximum atomic E-state index is 2.35. The predicted molar refractivity (Wildman–Crippen MR) is 94.4 cm³/mol. The first kappa shape index (κ1) is 17.5. The largest absolute Gasteiger partial charge is 2.00 e. The third-order valence-corrected chi connectivity index (χ3v) is 4.44. The molecular weight excluding hydrogens is 343 g/mol. The molecule has 0 aromatic heterocycles. The van der Waals surface area contributed by atoms with Gasteiger partial charge in [0.1, 0.15) is 0 Å². The molecule has 0 radical (unpaired) electrons. The van der Waals surface area contributed by atoms with E-state index in [-0.39, 0.29) is 37.0 Å². The van der Waals surface area contributed by atoms with Crippen LogP contribution in [0.3, 0.4) is 0 Å². The molecule has 0 aliphatic carbocycles. The summed E-state index contributed by atoms with van der Waals surface area (Å²) in [6.45, 7) is 13.6. The summed E-state index contributed by atoms with van der Waals surface area (Å²) in [5.74, 6) is 0. The molecule has 112 valence electrons. The standard InChI is InChI=1S/C21H25.Zr/c1-20(2,3)16-7-9-18-14(12-16)11-15-13-17(21(4,5)6)8-10-19(15)18;/h7-13H,1-6H3;/q-1;+2. The Morgan fingerprint density at radius 2 is 1.00 bits per heavy atom. The Kier molecular flexibility index (Phi) is 4.53. The summed E-state index contributed by atoms with van der Waals surface area (Å²) < 4.78 is 0. The van der Waals surface area contributed by atoms with Crippen molar-refractivity contribution < 1.29 is 26.2 Å². The van der Waals surface area contributed by atoms with Gasteiger partial charge in [0.25, 0.3) is 0 Å². The van der Waals surface area contributed by atoms with Crippen molar-refractivity contribution in [1.29, 1.82) is 0 Å². The van der Waals surface area contributed by atoms with E-state index in [1.54, 1.807) is 0 Å². The Morgan fingerprint density at radius 3 is 1.32 bits per heavy atom. The molecule has 0 aliphatic heterocycles. The van der Waals surface area contributed by atoms with Gasteiger partial charge in [0.2, 0.25) is 0 Å². The van der Waals surface area contributed by atoms with E-state index in [1.807, 2.05) is 0 Å². The SMILES string of the molecule is CC(C)(C)c1ccc2c(c1)[cH-]c1cc(C(C)(C)C)ccc12.[Zr+2]. The minimum Gasteiger partial charge on any atom is -0.126 e. The van der Waals surface area contributed by atoms with Crippen LogP contribution in [0.4, 0.5) is 0 Å². The summed E-state index contributed by atoms with van der Waals surface area (Å²) in [5, 5.41) is 5.48. The number of hydrogen-bond acceptors (Lipinski definition) is 0. The molecule has 0 saturated carbocycles. The Morgan fingerprint density at radius 1 is 0.636 bits per heavy atom. The molecule has 0 atom stereocenters. The molecule has 0 aliphatic rings. The molecule has 22 heavy (non-hydrogen) atoms. The summed E-state index contributed by atoms with van der Waals surface area (Å²) >= 11 is 0. The Labute approximate surface area is 153 Å². The van der Waals surface area contributed by atoms with Gasteiger partial charge in [-0.15, -0.1) is 39.7 Å². The van der Waals surface area contributed by atoms with Crippen molar-refractivity contribution in [3.63, 3.8) is 0 Å². The average Bonchev–Trinajstić information content (AvgIpc) is 2.73. The quantitative estimate of drug-likeness (QED) is 0.408. The third kappa shape index (κ3) is 3.11. The van der Waals surface area contributed by atoms with E-state index in [4.69, 9.17) is 0 Å². The van der Waals surface area contributed by atoms with Gasteiger partial charge in [0, 0.05) is 0 Å². The van der Waals surface area contributed by atoms with Crippen LogP contribution in [0.15, 0.2) is 42.5 Å². The van der Waals surface area contributed by atoms with Crippen LogP contribution in [0.1, 0.15) is 52.7 Å². The minimum absolute atomic E-state index is 0. The van der Waals surface area contributed by atoms with Crippen LogP contribution in [-0.4, -0.2) is 0 Å². The van der Waals surface area contributed by atoms with E-state index in [0.29, 0.717) is 0 Å². The van der Waals surface area contributed by atoms with Gasteiger partial charge in [-0.25, -0.2) is 0 Å². The van der Waals surface area contributed by atoms with Crippen LogP contribution in [0.25, 0.3) is 21.5 Å². The van der Waals surface area contributed by atoms with Crippen LogP contribution < -0.4 is 0 Å². The smallest absolute Gasteiger partial charge is 0.126 e. The molecular formula is C21H25Zr+. The van der Waals surface area contributed by atoms with Crippen molar-refractivity contribution in [2.75, 3.05) is 0 Å². The van der Waals surface area contributed by atoms with E-state index in [2.05, 4.69) is 84.0 Å². The minimum atomic E-state index is 0. The first-order valence-corrected chi connectivity index (χ1v) is 7.80. The van der Waals surface area contributed by atoms with E-state index in [1.165, 1.54) is 32.7 Å². The third-order valence-electron chi connectivity index (χ3n) is 4.44. The Hall–Kier alpha value is -0.807. The second-order valence-electron chi connectivity index (χ2n) is 8.25. The molecule has 0 nitrogen and oxygen atoms in total. The summed E-state index contributed by atoms with van der Waals surface area (Å²) in [4.78, 5) is 0. The molecule has 0 saturated heterocycles. The zero-order valence-electron chi connectivity index (χ0n) is 14.5. The molecule has 0 heterocycles. The van der Waals surface area contributed by atoms with Crippen molar-refractivity contribution in [3.8, 4) is 0 Å². The molecule has 1 heteroatoms. The van der Waals surface area contributed by atoms with Crippen molar-refractivity contribution >= 4 is 21.5 Å². The summed E-state index contributed by atoms with van der Waals surface area (Å²) in [5.41, 5.74) is 3.21. The van der Waals surface area contributed by atoms with Crippen LogP contribution in [0.2, 0.25) is 0 Å². The molecule has 0 unspecified atom stereocenters. The fourth-order valence-electron chi connectivity index (χ4n) is 2.96. The number of benzene rings is 2. The maximum Gasteiger partial charge on any atom is 2.00 e. The Balaban J connectivity index is 0.00000176. The van der Waals surface area contributed by atoms with Crippen molar-refractivity contribution in [1.82, 2.24) is 0 Å². The molecule has 0 fully saturated rings. The summed E-state index contributed by atoms with van der Waals surface area (Å²) in [7, 11) is 0. The molecule has 3 aromatic rings. The maximum absolute atomic E-state index is 2.35. The van der Waals surface area contributed by atoms with Gasteiger partial charge in [-0.05, 0) is 10.8 Å². The van der Waals surface area contributed by atoms with Crippen LogP contribution in [-0.2, 0) is 37.0 Å². The van der Waals surface area contributed by atoms with E-state index in [9.17, 15) is 0 Å². The fourth-order valence-corrected chi connectivity index (χ4v) is 2.96. The zero-order valence-corrected chi connectivity index (χ0v) is 17.0. The first-order chi connectivity index (χ1) is 9.66. The molecule has 0 amide bonds. The molecule has 0 spiro atoms. The number of hydrogen-bond donors (Lipinski definition) is 0. The van der Waals surface area contributed by atoms with Crippen LogP contribution in [0.5, 0.6) is 0 Å². The van der Waals surface area contributed by atoms with Crippen LogP contribution >= 0.6 is 0 Å². The van der Waals surface area contributed by atoms with Gasteiger partial charge in [-0.3, -0.25) is 0 Å².